The van der Waals surface area contributed by atoms with Gasteiger partial charge in [0, 0.05) is 0 Å². The second-order valence-electron chi connectivity index (χ2n) is 9.37. The molecule has 0 saturated heterocycles. The molecule has 1 N–H and O–H groups in total. The second-order valence-corrected chi connectivity index (χ2v) is 9.37. The fourth-order valence-electron chi connectivity index (χ4n) is 5.20. The molecule has 1 fully saturated rings. The smallest absolute Gasteiger partial charge is 0.115 e. The fourth-order valence-corrected chi connectivity index (χ4v) is 5.20. The monoisotopic (exact) mass is 412 g/mol. The summed E-state index contributed by atoms with van der Waals surface area (Å²) < 4.78 is 0. The molecule has 0 heterocycles. The highest BCUT2D eigenvalue weighted by atomic mass is 16.3. The van der Waals surface area contributed by atoms with Crippen molar-refractivity contribution in [1.82, 2.24) is 0 Å². The topological polar surface area (TPSA) is 20.2 Å². The van der Waals surface area contributed by atoms with Crippen LogP contribution in [0.25, 0.3) is 11.1 Å². The summed E-state index contributed by atoms with van der Waals surface area (Å²) in [5.74, 6) is 1.66. The number of unbranched alkanes of at least 4 members (excludes halogenated alkanes) is 2. The molecule has 1 aliphatic rings. The fraction of sp³-hybridized carbons (Fsp3) is 0.400. The molecule has 0 aromatic heterocycles. The Hall–Kier alpha value is -2.54. The molecule has 3 aromatic carbocycles. The van der Waals surface area contributed by atoms with Crippen molar-refractivity contribution in [3.05, 3.63) is 89.0 Å². The Morgan fingerprint density at radius 2 is 1.35 bits per heavy atom. The first-order valence-electron chi connectivity index (χ1n) is 12.1. The van der Waals surface area contributed by atoms with E-state index in [1.54, 1.807) is 0 Å². The van der Waals surface area contributed by atoms with Crippen LogP contribution in [0, 0.1) is 6.92 Å². The number of phenolic OH excluding ortho intramolecular Hbond substituents is 1. The summed E-state index contributed by atoms with van der Waals surface area (Å²) in [6.07, 6.45) is 10.0. The SMILES string of the molecule is CCCCCc1ccc(-c2ccc(C3CCC(c4ccc(O)cc4)CC3)cc2C)cc1. The Morgan fingerprint density at radius 3 is 1.97 bits per heavy atom. The maximum absolute atomic E-state index is 9.53. The lowest BCUT2D eigenvalue weighted by Crippen LogP contribution is -2.12. The van der Waals surface area contributed by atoms with Crippen molar-refractivity contribution in [3.8, 4) is 16.9 Å². The minimum atomic E-state index is 0.360. The molecule has 4 rings (SSSR count). The second kappa shape index (κ2) is 10.2. The summed E-state index contributed by atoms with van der Waals surface area (Å²) in [5, 5.41) is 9.53. The van der Waals surface area contributed by atoms with E-state index in [1.165, 1.54) is 84.7 Å². The average molecular weight is 413 g/mol. The molecule has 3 aromatic rings. The average Bonchev–Trinajstić information content (AvgIpc) is 2.80. The van der Waals surface area contributed by atoms with Gasteiger partial charge in [-0.25, -0.2) is 0 Å². The van der Waals surface area contributed by atoms with Crippen LogP contribution in [-0.4, -0.2) is 5.11 Å². The van der Waals surface area contributed by atoms with Gasteiger partial charge in [-0.3, -0.25) is 0 Å². The lowest BCUT2D eigenvalue weighted by molar-refractivity contribution is 0.396. The van der Waals surface area contributed by atoms with Gasteiger partial charge in [-0.05, 0) is 103 Å². The Morgan fingerprint density at radius 1 is 0.742 bits per heavy atom. The molecule has 1 aliphatic carbocycles. The highest BCUT2D eigenvalue weighted by Crippen LogP contribution is 2.41. The van der Waals surface area contributed by atoms with E-state index in [0.717, 1.165) is 0 Å². The van der Waals surface area contributed by atoms with Crippen molar-refractivity contribution in [2.75, 3.05) is 0 Å². The molecule has 0 bridgehead atoms. The normalized spacial score (nSPS) is 18.8. The van der Waals surface area contributed by atoms with E-state index < -0.39 is 0 Å². The van der Waals surface area contributed by atoms with Crippen LogP contribution in [0.1, 0.15) is 86.0 Å². The highest BCUT2D eigenvalue weighted by molar-refractivity contribution is 5.68. The van der Waals surface area contributed by atoms with Gasteiger partial charge in [-0.2, -0.15) is 0 Å². The predicted molar refractivity (Wildman–Crippen MR) is 132 cm³/mol. The van der Waals surface area contributed by atoms with Crippen LogP contribution in [0.2, 0.25) is 0 Å². The van der Waals surface area contributed by atoms with Crippen LogP contribution in [0.15, 0.2) is 66.7 Å². The van der Waals surface area contributed by atoms with Crippen molar-refractivity contribution in [3.63, 3.8) is 0 Å². The number of phenols is 1. The third kappa shape index (κ3) is 5.39. The number of hydrogen-bond donors (Lipinski definition) is 1. The third-order valence-corrected chi connectivity index (χ3v) is 7.15. The maximum Gasteiger partial charge on any atom is 0.115 e. The van der Waals surface area contributed by atoms with Gasteiger partial charge in [0.05, 0.1) is 0 Å². The largest absolute Gasteiger partial charge is 0.508 e. The van der Waals surface area contributed by atoms with Gasteiger partial charge in [0.2, 0.25) is 0 Å². The first-order valence-corrected chi connectivity index (χ1v) is 12.1. The Labute approximate surface area is 188 Å². The van der Waals surface area contributed by atoms with Crippen LogP contribution in [0.5, 0.6) is 5.75 Å². The lowest BCUT2D eigenvalue weighted by atomic mass is 9.76. The Balaban J connectivity index is 1.39. The molecule has 0 amide bonds. The molecule has 0 atom stereocenters. The van der Waals surface area contributed by atoms with E-state index in [9.17, 15) is 5.11 Å². The molecule has 162 valence electrons. The van der Waals surface area contributed by atoms with Gasteiger partial charge in [-0.15, -0.1) is 0 Å². The first-order chi connectivity index (χ1) is 15.1. The van der Waals surface area contributed by atoms with Gasteiger partial charge < -0.3 is 5.11 Å². The summed E-state index contributed by atoms with van der Waals surface area (Å²) in [6.45, 7) is 4.52. The molecular weight excluding hydrogens is 376 g/mol. The molecule has 1 nitrogen and oxygen atoms in total. The zero-order valence-corrected chi connectivity index (χ0v) is 19.1. The Kier molecular flexibility index (Phi) is 7.12. The van der Waals surface area contributed by atoms with Crippen LogP contribution in [0.3, 0.4) is 0 Å². The van der Waals surface area contributed by atoms with E-state index in [-0.39, 0.29) is 0 Å². The van der Waals surface area contributed by atoms with Crippen molar-refractivity contribution >= 4 is 0 Å². The van der Waals surface area contributed by atoms with Crippen molar-refractivity contribution in [2.45, 2.75) is 77.0 Å². The van der Waals surface area contributed by atoms with Gasteiger partial charge >= 0.3 is 0 Å². The highest BCUT2D eigenvalue weighted by Gasteiger charge is 2.23. The molecule has 0 aliphatic heterocycles. The van der Waals surface area contributed by atoms with Gasteiger partial charge in [0.1, 0.15) is 5.75 Å². The van der Waals surface area contributed by atoms with Crippen molar-refractivity contribution < 1.29 is 5.11 Å². The summed E-state index contributed by atoms with van der Waals surface area (Å²) in [6, 6.07) is 24.2. The standard InChI is InChI=1S/C30H36O/c1-3-4-5-6-23-7-9-27(10-8-23)30-20-17-28(21-22(30)2)26-13-11-24(12-14-26)25-15-18-29(31)19-16-25/h7-10,15-21,24,26,31H,3-6,11-14H2,1-2H3. The maximum atomic E-state index is 9.53. The molecule has 1 saturated carbocycles. The molecule has 0 unspecified atom stereocenters. The van der Waals surface area contributed by atoms with Gasteiger partial charge in [0.25, 0.3) is 0 Å². The molecular formula is C30H36O. The van der Waals surface area contributed by atoms with Crippen molar-refractivity contribution in [2.24, 2.45) is 0 Å². The van der Waals surface area contributed by atoms with E-state index in [4.69, 9.17) is 0 Å². The number of benzene rings is 3. The van der Waals surface area contributed by atoms with E-state index >= 15 is 0 Å². The van der Waals surface area contributed by atoms with Crippen molar-refractivity contribution in [1.29, 1.82) is 0 Å². The number of rotatable bonds is 7. The number of aryl methyl sites for hydroxylation is 2. The van der Waals surface area contributed by atoms with Gasteiger partial charge in [0.15, 0.2) is 0 Å². The summed E-state index contributed by atoms with van der Waals surface area (Å²) in [7, 11) is 0. The molecule has 0 spiro atoms. The lowest BCUT2D eigenvalue weighted by Gasteiger charge is -2.29. The predicted octanol–water partition coefficient (Wildman–Crippen LogP) is 8.54. The Bertz CT molecular complexity index is 960. The summed E-state index contributed by atoms with van der Waals surface area (Å²) in [5.41, 5.74) is 8.41. The van der Waals surface area contributed by atoms with Crippen LogP contribution < -0.4 is 0 Å². The van der Waals surface area contributed by atoms with Crippen LogP contribution in [0.4, 0.5) is 0 Å². The number of aromatic hydroxyl groups is 1. The summed E-state index contributed by atoms with van der Waals surface area (Å²) in [4.78, 5) is 0. The molecule has 0 radical (unpaired) electrons. The zero-order chi connectivity index (χ0) is 21.6. The van der Waals surface area contributed by atoms with E-state index in [0.29, 0.717) is 17.6 Å². The van der Waals surface area contributed by atoms with Crippen LogP contribution >= 0.6 is 0 Å². The van der Waals surface area contributed by atoms with Crippen LogP contribution in [-0.2, 0) is 6.42 Å². The third-order valence-electron chi connectivity index (χ3n) is 7.15. The zero-order valence-electron chi connectivity index (χ0n) is 19.1. The first kappa shape index (κ1) is 21.7. The summed E-state index contributed by atoms with van der Waals surface area (Å²) >= 11 is 0. The quantitative estimate of drug-likeness (QED) is 0.385. The van der Waals surface area contributed by atoms with Gasteiger partial charge in [-0.1, -0.05) is 74.4 Å². The molecule has 31 heavy (non-hydrogen) atoms. The molecule has 1 heteroatoms. The minimum Gasteiger partial charge on any atom is -0.508 e. The number of hydrogen-bond acceptors (Lipinski definition) is 1. The van der Waals surface area contributed by atoms with E-state index in [2.05, 4.69) is 68.4 Å². The van der Waals surface area contributed by atoms with E-state index in [1.807, 2.05) is 12.1 Å². The minimum absolute atomic E-state index is 0.360.